The third-order valence-electron chi connectivity index (χ3n) is 3.48. The minimum absolute atomic E-state index is 0.167. The van der Waals surface area contributed by atoms with Crippen molar-refractivity contribution in [3.63, 3.8) is 0 Å². The standard InChI is InChI=1S/C13H22BrN3O3S/c1-10(2)9-16-3-5-17(6-4-16)21(18,19)12-7-11(8-15)20-13(12)14/h7,10H,3-6,8-9,15H2,1-2H3. The van der Waals surface area contributed by atoms with Crippen LogP contribution < -0.4 is 5.73 Å². The minimum Gasteiger partial charge on any atom is -0.452 e. The molecule has 0 unspecified atom stereocenters. The van der Waals surface area contributed by atoms with Crippen LogP contribution in [0.15, 0.2) is 20.0 Å². The molecule has 1 aromatic heterocycles. The van der Waals surface area contributed by atoms with Crippen molar-refractivity contribution < 1.29 is 12.8 Å². The number of hydrogen-bond acceptors (Lipinski definition) is 5. The Hall–Kier alpha value is -0.410. The van der Waals surface area contributed by atoms with Crippen LogP contribution in [0.1, 0.15) is 19.6 Å². The summed E-state index contributed by atoms with van der Waals surface area (Å²) in [7, 11) is -3.52. The third kappa shape index (κ3) is 3.87. The fraction of sp³-hybridized carbons (Fsp3) is 0.692. The molecule has 1 fully saturated rings. The van der Waals surface area contributed by atoms with Gasteiger partial charge in [-0.15, -0.1) is 0 Å². The lowest BCUT2D eigenvalue weighted by atomic mass is 10.2. The predicted octanol–water partition coefficient (Wildman–Crippen LogP) is 1.46. The lowest BCUT2D eigenvalue weighted by Crippen LogP contribution is -2.49. The van der Waals surface area contributed by atoms with Crippen molar-refractivity contribution in [3.8, 4) is 0 Å². The second-order valence-corrected chi connectivity index (χ2v) is 8.28. The Bertz CT molecular complexity index is 577. The van der Waals surface area contributed by atoms with Gasteiger partial charge in [0.2, 0.25) is 10.0 Å². The molecule has 0 aliphatic carbocycles. The first kappa shape index (κ1) is 17.0. The molecule has 0 saturated carbocycles. The summed E-state index contributed by atoms with van der Waals surface area (Å²) in [5.74, 6) is 1.04. The maximum Gasteiger partial charge on any atom is 0.247 e. The number of halogens is 1. The van der Waals surface area contributed by atoms with Crippen LogP contribution in [0.25, 0.3) is 0 Å². The summed E-state index contributed by atoms with van der Waals surface area (Å²) in [6.45, 7) is 8.04. The van der Waals surface area contributed by atoms with E-state index in [0.717, 1.165) is 19.6 Å². The van der Waals surface area contributed by atoms with E-state index in [1.807, 2.05) is 0 Å². The predicted molar refractivity (Wildman–Crippen MR) is 84.3 cm³/mol. The van der Waals surface area contributed by atoms with Crippen LogP contribution in [0.4, 0.5) is 0 Å². The largest absolute Gasteiger partial charge is 0.452 e. The molecule has 2 rings (SSSR count). The van der Waals surface area contributed by atoms with Crippen molar-refractivity contribution in [1.29, 1.82) is 0 Å². The zero-order valence-corrected chi connectivity index (χ0v) is 14.8. The van der Waals surface area contributed by atoms with Gasteiger partial charge in [-0.1, -0.05) is 13.8 Å². The first-order valence-corrected chi connectivity index (χ1v) is 9.28. The van der Waals surface area contributed by atoms with E-state index in [9.17, 15) is 8.42 Å². The van der Waals surface area contributed by atoms with Gasteiger partial charge in [0.15, 0.2) is 4.67 Å². The molecule has 1 saturated heterocycles. The molecule has 0 amide bonds. The van der Waals surface area contributed by atoms with Crippen molar-refractivity contribution >= 4 is 26.0 Å². The van der Waals surface area contributed by atoms with Gasteiger partial charge >= 0.3 is 0 Å². The first-order chi connectivity index (χ1) is 9.84. The van der Waals surface area contributed by atoms with Crippen molar-refractivity contribution in [3.05, 3.63) is 16.5 Å². The van der Waals surface area contributed by atoms with E-state index in [1.54, 1.807) is 0 Å². The molecular formula is C13H22BrN3O3S. The number of furan rings is 1. The summed E-state index contributed by atoms with van der Waals surface area (Å²) in [5.41, 5.74) is 5.49. The van der Waals surface area contributed by atoms with E-state index < -0.39 is 10.0 Å². The molecule has 1 aliphatic heterocycles. The van der Waals surface area contributed by atoms with Gasteiger partial charge in [-0.05, 0) is 21.8 Å². The van der Waals surface area contributed by atoms with Gasteiger partial charge in [0.05, 0.1) is 6.54 Å². The highest BCUT2D eigenvalue weighted by molar-refractivity contribution is 9.10. The highest BCUT2D eigenvalue weighted by Crippen LogP contribution is 2.29. The normalized spacial score (nSPS) is 18.5. The molecule has 2 heterocycles. The van der Waals surface area contributed by atoms with Gasteiger partial charge < -0.3 is 15.1 Å². The fourth-order valence-electron chi connectivity index (χ4n) is 2.48. The molecule has 0 spiro atoms. The molecule has 1 aliphatic rings. The summed E-state index contributed by atoms with van der Waals surface area (Å²) in [6, 6.07) is 1.50. The molecule has 0 bridgehead atoms. The van der Waals surface area contributed by atoms with Crippen LogP contribution in [-0.4, -0.2) is 50.3 Å². The molecule has 6 nitrogen and oxygen atoms in total. The number of nitrogens with two attached hydrogens (primary N) is 1. The topological polar surface area (TPSA) is 79.8 Å². The van der Waals surface area contributed by atoms with E-state index in [1.165, 1.54) is 10.4 Å². The number of nitrogens with zero attached hydrogens (tertiary/aromatic N) is 2. The monoisotopic (exact) mass is 379 g/mol. The molecule has 21 heavy (non-hydrogen) atoms. The summed E-state index contributed by atoms with van der Waals surface area (Å²) >= 11 is 3.17. The quantitative estimate of drug-likeness (QED) is 0.837. The number of piperazine rings is 1. The highest BCUT2D eigenvalue weighted by Gasteiger charge is 2.32. The molecule has 1 aromatic rings. The Labute approximate surface area is 134 Å². The molecule has 120 valence electrons. The smallest absolute Gasteiger partial charge is 0.247 e. The van der Waals surface area contributed by atoms with Crippen molar-refractivity contribution in [1.82, 2.24) is 9.21 Å². The van der Waals surface area contributed by atoms with E-state index in [0.29, 0.717) is 24.8 Å². The Balaban J connectivity index is 2.09. The molecule has 0 aromatic carbocycles. The Morgan fingerprint density at radius 2 is 1.95 bits per heavy atom. The Morgan fingerprint density at radius 1 is 1.33 bits per heavy atom. The van der Waals surface area contributed by atoms with Gasteiger partial charge in [-0.3, -0.25) is 0 Å². The number of hydrogen-bond donors (Lipinski definition) is 1. The van der Waals surface area contributed by atoms with Crippen LogP contribution in [0.5, 0.6) is 0 Å². The van der Waals surface area contributed by atoms with Crippen LogP contribution in [0.2, 0.25) is 0 Å². The van der Waals surface area contributed by atoms with Crippen LogP contribution >= 0.6 is 15.9 Å². The van der Waals surface area contributed by atoms with Crippen LogP contribution in [-0.2, 0) is 16.6 Å². The van der Waals surface area contributed by atoms with Crippen molar-refractivity contribution in [2.75, 3.05) is 32.7 Å². The van der Waals surface area contributed by atoms with Gasteiger partial charge in [-0.25, -0.2) is 8.42 Å². The maximum absolute atomic E-state index is 12.6. The highest BCUT2D eigenvalue weighted by atomic mass is 79.9. The first-order valence-electron chi connectivity index (χ1n) is 7.05. The molecule has 8 heteroatoms. The van der Waals surface area contributed by atoms with Crippen LogP contribution in [0, 0.1) is 5.92 Å². The number of sulfonamides is 1. The van der Waals surface area contributed by atoms with E-state index in [-0.39, 0.29) is 16.1 Å². The Morgan fingerprint density at radius 3 is 2.43 bits per heavy atom. The SMILES string of the molecule is CC(C)CN1CCN(S(=O)(=O)c2cc(CN)oc2Br)CC1. The maximum atomic E-state index is 12.6. The fourth-order valence-corrected chi connectivity index (χ4v) is 4.87. The summed E-state index contributed by atoms with van der Waals surface area (Å²) in [6.07, 6.45) is 0. The number of rotatable bonds is 5. The summed E-state index contributed by atoms with van der Waals surface area (Å²) in [4.78, 5) is 2.46. The second kappa shape index (κ2) is 6.78. The van der Waals surface area contributed by atoms with E-state index in [2.05, 4.69) is 34.7 Å². The van der Waals surface area contributed by atoms with E-state index in [4.69, 9.17) is 10.2 Å². The van der Waals surface area contributed by atoms with Crippen molar-refractivity contribution in [2.45, 2.75) is 25.3 Å². The zero-order chi connectivity index (χ0) is 15.6. The minimum atomic E-state index is -3.52. The lowest BCUT2D eigenvalue weighted by Gasteiger charge is -2.34. The molecule has 2 N–H and O–H groups in total. The molecular weight excluding hydrogens is 358 g/mol. The Kier molecular flexibility index (Phi) is 5.48. The van der Waals surface area contributed by atoms with Crippen LogP contribution in [0.3, 0.4) is 0 Å². The average Bonchev–Trinajstić information content (AvgIpc) is 2.81. The molecule has 0 radical (unpaired) electrons. The van der Waals surface area contributed by atoms with Gasteiger partial charge in [0, 0.05) is 38.8 Å². The third-order valence-corrected chi connectivity index (χ3v) is 6.24. The molecule has 0 atom stereocenters. The summed E-state index contributed by atoms with van der Waals surface area (Å²) in [5, 5.41) is 0. The van der Waals surface area contributed by atoms with Crippen molar-refractivity contribution in [2.24, 2.45) is 11.7 Å². The van der Waals surface area contributed by atoms with Gasteiger partial charge in [0.1, 0.15) is 10.7 Å². The zero-order valence-electron chi connectivity index (χ0n) is 12.4. The second-order valence-electron chi connectivity index (χ2n) is 5.65. The lowest BCUT2D eigenvalue weighted by molar-refractivity contribution is 0.172. The summed E-state index contributed by atoms with van der Waals surface area (Å²) < 4.78 is 32.3. The average molecular weight is 380 g/mol. The van der Waals surface area contributed by atoms with E-state index >= 15 is 0 Å². The van der Waals surface area contributed by atoms with Gasteiger partial charge in [0.25, 0.3) is 0 Å². The van der Waals surface area contributed by atoms with Gasteiger partial charge in [-0.2, -0.15) is 4.31 Å².